The Morgan fingerprint density at radius 3 is 2.18 bits per heavy atom. The maximum Gasteiger partial charge on any atom is 0.422 e. The molecule has 0 amide bonds. The molecule has 0 fully saturated rings. The molecule has 0 radical (unpaired) electrons. The number of aryl methyl sites for hydroxylation is 2. The van der Waals surface area contributed by atoms with Gasteiger partial charge in [0, 0.05) is 35.3 Å². The van der Waals surface area contributed by atoms with Crippen molar-refractivity contribution in [3.05, 3.63) is 91.9 Å². The van der Waals surface area contributed by atoms with Crippen LogP contribution < -0.4 is 10.3 Å². The number of nitrogens with zero attached hydrogens (tertiary/aromatic N) is 1. The number of pyridine rings is 1. The largest absolute Gasteiger partial charge is 0.478 e. The number of aromatic carboxylic acids is 1. The molecule has 2 atom stereocenters. The van der Waals surface area contributed by atoms with Crippen molar-refractivity contribution in [1.29, 1.82) is 0 Å². The van der Waals surface area contributed by atoms with Gasteiger partial charge < -0.3 is 19.5 Å². The molecule has 2 aromatic carbocycles. The van der Waals surface area contributed by atoms with Crippen molar-refractivity contribution in [1.82, 2.24) is 4.57 Å². The molecule has 0 spiro atoms. The summed E-state index contributed by atoms with van der Waals surface area (Å²) in [5, 5.41) is 19.6. The van der Waals surface area contributed by atoms with E-state index in [-0.39, 0.29) is 21.9 Å². The standard InChI is InChI=1S/C25H20ClF6NO5/c1-12-8-15(11-33(3)21(12)34)23(37,25(30,31)32)13(2)17-6-5-16(10-19(17)26)38-20-7-4-14(22(35)36)9-18(20)24(27,28)29/h4-11,13,37H,1-3H3,(H,35,36). The van der Waals surface area contributed by atoms with Gasteiger partial charge in [-0.3, -0.25) is 4.79 Å². The molecule has 1 aromatic heterocycles. The summed E-state index contributed by atoms with van der Waals surface area (Å²) in [4.78, 5) is 23.0. The second-order valence-electron chi connectivity index (χ2n) is 8.61. The first-order valence-corrected chi connectivity index (χ1v) is 11.1. The van der Waals surface area contributed by atoms with Gasteiger partial charge in [0.25, 0.3) is 5.56 Å². The van der Waals surface area contributed by atoms with Crippen LogP contribution in [0.15, 0.2) is 53.5 Å². The van der Waals surface area contributed by atoms with E-state index in [4.69, 9.17) is 21.4 Å². The van der Waals surface area contributed by atoms with Gasteiger partial charge in [-0.25, -0.2) is 4.79 Å². The van der Waals surface area contributed by atoms with E-state index in [1.165, 1.54) is 14.0 Å². The molecule has 6 nitrogen and oxygen atoms in total. The Morgan fingerprint density at radius 2 is 1.68 bits per heavy atom. The Balaban J connectivity index is 2.05. The number of carboxylic acid groups (broad SMARTS) is 1. The van der Waals surface area contributed by atoms with Crippen LogP contribution in [0.5, 0.6) is 11.5 Å². The first-order valence-electron chi connectivity index (χ1n) is 10.8. The molecule has 0 bridgehead atoms. The minimum Gasteiger partial charge on any atom is -0.478 e. The highest BCUT2D eigenvalue weighted by atomic mass is 35.5. The lowest BCUT2D eigenvalue weighted by Crippen LogP contribution is -2.47. The average Bonchev–Trinajstić information content (AvgIpc) is 2.80. The molecular weight excluding hydrogens is 544 g/mol. The van der Waals surface area contributed by atoms with Crippen LogP contribution in [0.25, 0.3) is 0 Å². The number of hydrogen-bond acceptors (Lipinski definition) is 4. The number of alkyl halides is 6. The average molecular weight is 564 g/mol. The summed E-state index contributed by atoms with van der Waals surface area (Å²) in [6.45, 7) is 2.35. The van der Waals surface area contributed by atoms with E-state index in [1.54, 1.807) is 0 Å². The molecule has 3 aromatic rings. The number of halogens is 7. The number of ether oxygens (including phenoxy) is 1. The number of benzene rings is 2. The van der Waals surface area contributed by atoms with Gasteiger partial charge in [-0.15, -0.1) is 0 Å². The van der Waals surface area contributed by atoms with Crippen molar-refractivity contribution in [2.75, 3.05) is 0 Å². The van der Waals surface area contributed by atoms with E-state index < -0.39 is 57.8 Å². The van der Waals surface area contributed by atoms with E-state index in [1.807, 2.05) is 0 Å². The topological polar surface area (TPSA) is 88.8 Å². The molecule has 0 saturated heterocycles. The third kappa shape index (κ3) is 5.37. The summed E-state index contributed by atoms with van der Waals surface area (Å²) in [6.07, 6.45) is -9.33. The number of carboxylic acids is 1. The number of aliphatic hydroxyl groups is 1. The van der Waals surface area contributed by atoms with Crippen molar-refractivity contribution < 1.29 is 46.1 Å². The Morgan fingerprint density at radius 1 is 1.05 bits per heavy atom. The molecular formula is C25H20ClF6NO5. The van der Waals surface area contributed by atoms with Gasteiger partial charge in [0.2, 0.25) is 0 Å². The Bertz CT molecular complexity index is 1420. The minimum absolute atomic E-state index is 0.0379. The highest BCUT2D eigenvalue weighted by Crippen LogP contribution is 2.50. The monoisotopic (exact) mass is 563 g/mol. The molecule has 204 valence electrons. The zero-order valence-electron chi connectivity index (χ0n) is 19.9. The molecule has 13 heteroatoms. The Hall–Kier alpha value is -3.51. The predicted octanol–water partition coefficient (Wildman–Crippen LogP) is 6.41. The van der Waals surface area contributed by atoms with Crippen molar-refractivity contribution in [3.63, 3.8) is 0 Å². The lowest BCUT2D eigenvalue weighted by atomic mass is 9.78. The maximum absolute atomic E-state index is 14.3. The zero-order valence-corrected chi connectivity index (χ0v) is 20.7. The van der Waals surface area contributed by atoms with Crippen LogP contribution in [0.1, 0.15) is 45.5 Å². The van der Waals surface area contributed by atoms with Gasteiger partial charge in [-0.2, -0.15) is 26.3 Å². The molecule has 2 N–H and O–H groups in total. The first-order chi connectivity index (χ1) is 17.4. The van der Waals surface area contributed by atoms with Gasteiger partial charge >= 0.3 is 18.3 Å². The minimum atomic E-state index is -5.22. The van der Waals surface area contributed by atoms with Crippen LogP contribution in [0.2, 0.25) is 5.02 Å². The highest BCUT2D eigenvalue weighted by molar-refractivity contribution is 6.31. The summed E-state index contributed by atoms with van der Waals surface area (Å²) in [6, 6.07) is 6.09. The van der Waals surface area contributed by atoms with Crippen LogP contribution in [-0.4, -0.2) is 26.9 Å². The van der Waals surface area contributed by atoms with Crippen LogP contribution >= 0.6 is 11.6 Å². The van der Waals surface area contributed by atoms with Crippen molar-refractivity contribution >= 4 is 17.6 Å². The van der Waals surface area contributed by atoms with Crippen molar-refractivity contribution in [2.24, 2.45) is 7.05 Å². The summed E-state index contributed by atoms with van der Waals surface area (Å²) in [5.41, 5.74) is -6.92. The van der Waals surface area contributed by atoms with E-state index in [2.05, 4.69) is 0 Å². The van der Waals surface area contributed by atoms with Gasteiger partial charge in [0.1, 0.15) is 11.5 Å². The van der Waals surface area contributed by atoms with Gasteiger partial charge in [0.15, 0.2) is 5.60 Å². The summed E-state index contributed by atoms with van der Waals surface area (Å²) in [5.74, 6) is -4.37. The summed E-state index contributed by atoms with van der Waals surface area (Å²) in [7, 11) is 1.23. The van der Waals surface area contributed by atoms with Crippen LogP contribution in [0, 0.1) is 6.92 Å². The molecule has 1 heterocycles. The predicted molar refractivity (Wildman–Crippen MR) is 125 cm³/mol. The summed E-state index contributed by atoms with van der Waals surface area (Å²) < 4.78 is 89.4. The van der Waals surface area contributed by atoms with Crippen molar-refractivity contribution in [3.8, 4) is 11.5 Å². The number of rotatable bonds is 6. The normalized spacial score (nSPS) is 14.6. The third-order valence-electron chi connectivity index (χ3n) is 6.06. The molecule has 3 rings (SSSR count). The Kier molecular flexibility index (Phi) is 7.64. The van der Waals surface area contributed by atoms with Gasteiger partial charge in [-0.1, -0.05) is 24.6 Å². The van der Waals surface area contributed by atoms with Crippen LogP contribution in [0.3, 0.4) is 0 Å². The quantitative estimate of drug-likeness (QED) is 0.338. The van der Waals surface area contributed by atoms with E-state index in [0.29, 0.717) is 6.07 Å². The molecule has 2 unspecified atom stereocenters. The van der Waals surface area contributed by atoms with Crippen molar-refractivity contribution in [2.45, 2.75) is 37.7 Å². The number of hydrogen-bond donors (Lipinski definition) is 2. The number of carbonyl (C=O) groups is 1. The number of aromatic nitrogens is 1. The van der Waals surface area contributed by atoms with Crippen LogP contribution in [-0.2, 0) is 18.8 Å². The highest BCUT2D eigenvalue weighted by Gasteiger charge is 2.59. The molecule has 0 aliphatic carbocycles. The van der Waals surface area contributed by atoms with E-state index in [9.17, 15) is 41.0 Å². The molecule has 38 heavy (non-hydrogen) atoms. The first kappa shape index (κ1) is 29.1. The van der Waals surface area contributed by atoms with Gasteiger partial charge in [-0.05, 0) is 48.9 Å². The van der Waals surface area contributed by atoms with E-state index >= 15 is 0 Å². The van der Waals surface area contributed by atoms with Crippen LogP contribution in [0.4, 0.5) is 26.3 Å². The second-order valence-corrected chi connectivity index (χ2v) is 9.02. The lowest BCUT2D eigenvalue weighted by molar-refractivity contribution is -0.274. The third-order valence-corrected chi connectivity index (χ3v) is 6.39. The van der Waals surface area contributed by atoms with E-state index in [0.717, 1.165) is 54.1 Å². The molecule has 0 aliphatic heterocycles. The maximum atomic E-state index is 14.3. The summed E-state index contributed by atoms with van der Waals surface area (Å²) >= 11 is 6.20. The van der Waals surface area contributed by atoms with Gasteiger partial charge in [0.05, 0.1) is 11.1 Å². The zero-order chi connectivity index (χ0) is 28.8. The molecule has 0 saturated carbocycles. The lowest BCUT2D eigenvalue weighted by Gasteiger charge is -2.37. The SMILES string of the molecule is Cc1cc(C(O)(C(C)c2ccc(Oc3ccc(C(=O)O)cc3C(F)(F)F)cc2Cl)C(F)(F)F)cn(C)c1=O. The fourth-order valence-electron chi connectivity index (χ4n) is 3.99. The molecule has 0 aliphatic rings. The fraction of sp³-hybridized carbons (Fsp3) is 0.280. The smallest absolute Gasteiger partial charge is 0.422 e. The fourth-order valence-corrected chi connectivity index (χ4v) is 4.33. The Labute approximate surface area is 216 Å². The second kappa shape index (κ2) is 9.99.